The van der Waals surface area contributed by atoms with Crippen LogP contribution in [0.15, 0.2) is 32.9 Å². The van der Waals surface area contributed by atoms with Crippen LogP contribution < -0.4 is 11.5 Å². The van der Waals surface area contributed by atoms with Gasteiger partial charge < -0.3 is 20.9 Å². The zero-order valence-electron chi connectivity index (χ0n) is 24.1. The lowest BCUT2D eigenvalue weighted by Crippen LogP contribution is -2.09. The third-order valence-corrected chi connectivity index (χ3v) is 7.58. The number of nitrogens with two attached hydrogens (primary N) is 2. The van der Waals surface area contributed by atoms with E-state index < -0.39 is 11.9 Å². The first-order valence-corrected chi connectivity index (χ1v) is 14.1. The van der Waals surface area contributed by atoms with Crippen molar-refractivity contribution >= 4 is 67.6 Å². The topological polar surface area (TPSA) is 241 Å². The first-order valence-electron chi connectivity index (χ1n) is 12.5. The molecule has 0 atom stereocenters. The molecular weight excluding hydrogens is 612 g/mol. The number of nitrogen functional groups attached to an aromatic ring is 2. The molecule has 5 heterocycles. The predicted molar refractivity (Wildman–Crippen MR) is 159 cm³/mol. The molecule has 5 aromatic rings. The van der Waals surface area contributed by atoms with Gasteiger partial charge in [0.05, 0.1) is 35.6 Å². The molecule has 0 amide bonds. The van der Waals surface area contributed by atoms with E-state index in [1.165, 1.54) is 52.6 Å². The number of rotatable bonds is 8. The normalized spacial score (nSPS) is 11.6. The van der Waals surface area contributed by atoms with Crippen LogP contribution in [-0.2, 0) is 9.47 Å². The van der Waals surface area contributed by atoms with Gasteiger partial charge in [0.2, 0.25) is 0 Å². The fraction of sp³-hybridized carbons (Fsp3) is 0.250. The molecule has 0 spiro atoms. The summed E-state index contributed by atoms with van der Waals surface area (Å²) in [5, 5.41) is 27.5. The second kappa shape index (κ2) is 12.0. The van der Waals surface area contributed by atoms with E-state index in [0.717, 1.165) is 0 Å². The Morgan fingerprint density at radius 1 is 0.727 bits per heavy atom. The number of nitrogens with zero attached hydrogens (tertiary/aromatic N) is 12. The van der Waals surface area contributed by atoms with E-state index >= 15 is 0 Å². The first-order chi connectivity index (χ1) is 21.0. The number of aryl methyl sites for hydroxylation is 4. The highest BCUT2D eigenvalue weighted by Crippen LogP contribution is 2.35. The number of aromatic nitrogens is 8. The van der Waals surface area contributed by atoms with Crippen LogP contribution in [0.5, 0.6) is 0 Å². The van der Waals surface area contributed by atoms with E-state index in [1.807, 2.05) is 0 Å². The van der Waals surface area contributed by atoms with Crippen LogP contribution in [0.25, 0.3) is 11.6 Å². The number of hydrogen-bond donors (Lipinski definition) is 2. The lowest BCUT2D eigenvalue weighted by molar-refractivity contribution is 0.0587. The van der Waals surface area contributed by atoms with Gasteiger partial charge in [0, 0.05) is 6.07 Å². The summed E-state index contributed by atoms with van der Waals surface area (Å²) in [4.78, 5) is 41.0. The molecule has 5 aromatic heterocycles. The minimum atomic E-state index is -0.625. The van der Waals surface area contributed by atoms with Crippen LogP contribution in [0.3, 0.4) is 0 Å². The standard InChI is InChI=1S/C24H24N14O4S2/c1-9-15(31-33-21-17(23(39)41-5)29-11(3)43-21)19(25)37(35-9)13-7-14(28-8-27-13)38-20(26)16(10(2)36-38)32-34-22-18(24(40)42-6)30-12(4)44-22/h7-8H,25-26H2,1-6H3/b33-31+,34-32+. The van der Waals surface area contributed by atoms with Gasteiger partial charge in [-0.3, -0.25) is 0 Å². The molecule has 226 valence electrons. The molecule has 0 aliphatic rings. The lowest BCUT2D eigenvalue weighted by atomic mass is 10.4. The van der Waals surface area contributed by atoms with Gasteiger partial charge in [-0.1, -0.05) is 22.7 Å². The number of azo groups is 2. The summed E-state index contributed by atoms with van der Waals surface area (Å²) in [6.07, 6.45) is 1.30. The number of thiazole rings is 2. The molecule has 0 bridgehead atoms. The maximum atomic E-state index is 12.0. The summed E-state index contributed by atoms with van der Waals surface area (Å²) in [7, 11) is 2.52. The molecule has 4 N–H and O–H groups in total. The van der Waals surface area contributed by atoms with E-state index in [-0.39, 0.29) is 44.4 Å². The highest BCUT2D eigenvalue weighted by atomic mass is 32.1. The maximum absolute atomic E-state index is 12.0. The van der Waals surface area contributed by atoms with Gasteiger partial charge in [0.15, 0.2) is 56.0 Å². The van der Waals surface area contributed by atoms with Crippen LogP contribution >= 0.6 is 22.7 Å². The van der Waals surface area contributed by atoms with Crippen LogP contribution in [-0.4, -0.2) is 65.7 Å². The molecule has 0 aliphatic heterocycles. The SMILES string of the molecule is COC(=O)c1nc(C)sc1/N=N/c1c(C)nn(-c2cc(-n3nc(C)c(/N=N/c4sc(C)nc4C(=O)OC)c3N)ncn2)c1N. The van der Waals surface area contributed by atoms with Crippen LogP contribution in [0, 0.1) is 27.7 Å². The summed E-state index contributed by atoms with van der Waals surface area (Å²) < 4.78 is 12.3. The van der Waals surface area contributed by atoms with E-state index in [9.17, 15) is 9.59 Å². The Morgan fingerprint density at radius 2 is 1.14 bits per heavy atom. The highest BCUT2D eigenvalue weighted by molar-refractivity contribution is 7.16. The largest absolute Gasteiger partial charge is 0.464 e. The van der Waals surface area contributed by atoms with Gasteiger partial charge in [-0.05, 0) is 27.7 Å². The van der Waals surface area contributed by atoms with Crippen molar-refractivity contribution in [1.29, 1.82) is 0 Å². The highest BCUT2D eigenvalue weighted by Gasteiger charge is 2.22. The Labute approximate surface area is 256 Å². The maximum Gasteiger partial charge on any atom is 0.359 e. The Hall–Kier alpha value is -5.50. The van der Waals surface area contributed by atoms with Crippen molar-refractivity contribution in [2.45, 2.75) is 27.7 Å². The van der Waals surface area contributed by atoms with Crippen molar-refractivity contribution in [2.24, 2.45) is 20.5 Å². The van der Waals surface area contributed by atoms with E-state index in [1.54, 1.807) is 33.8 Å². The van der Waals surface area contributed by atoms with Crippen molar-refractivity contribution in [2.75, 3.05) is 25.7 Å². The molecule has 0 aromatic carbocycles. The molecule has 5 rings (SSSR count). The number of carbonyl (C=O) groups is 2. The average molecular weight is 637 g/mol. The Kier molecular flexibility index (Phi) is 8.18. The molecule has 0 aliphatic carbocycles. The fourth-order valence-corrected chi connectivity index (χ4v) is 5.31. The lowest BCUT2D eigenvalue weighted by Gasteiger charge is -2.06. The van der Waals surface area contributed by atoms with Crippen molar-refractivity contribution < 1.29 is 19.1 Å². The third-order valence-electron chi connectivity index (χ3n) is 5.87. The number of carbonyl (C=O) groups excluding carboxylic acids is 2. The van der Waals surface area contributed by atoms with Crippen LogP contribution in [0.4, 0.5) is 33.0 Å². The molecule has 0 unspecified atom stereocenters. The molecule has 0 saturated heterocycles. The number of anilines is 2. The summed E-state index contributed by atoms with van der Waals surface area (Å²) in [6.45, 7) is 6.88. The number of hydrogen-bond acceptors (Lipinski definition) is 18. The van der Waals surface area contributed by atoms with Gasteiger partial charge in [-0.15, -0.1) is 20.5 Å². The monoisotopic (exact) mass is 636 g/mol. The van der Waals surface area contributed by atoms with Crippen LogP contribution in [0.2, 0.25) is 0 Å². The number of esters is 2. The van der Waals surface area contributed by atoms with E-state index in [0.29, 0.717) is 33.0 Å². The second-order valence-corrected chi connectivity index (χ2v) is 11.2. The Bertz CT molecular complexity index is 1830. The van der Waals surface area contributed by atoms with Gasteiger partial charge in [-0.25, -0.2) is 29.5 Å². The predicted octanol–water partition coefficient (Wildman–Crippen LogP) is 4.56. The fourth-order valence-electron chi connectivity index (χ4n) is 3.86. The zero-order chi connectivity index (χ0) is 31.7. The molecule has 0 radical (unpaired) electrons. The average Bonchev–Trinajstić information content (AvgIpc) is 3.73. The molecular formula is C24H24N14O4S2. The Balaban J connectivity index is 1.46. The van der Waals surface area contributed by atoms with E-state index in [2.05, 4.69) is 50.6 Å². The van der Waals surface area contributed by atoms with Crippen LogP contribution in [0.1, 0.15) is 42.4 Å². The van der Waals surface area contributed by atoms with Crippen molar-refractivity contribution in [3.8, 4) is 11.6 Å². The Morgan fingerprint density at radius 3 is 1.52 bits per heavy atom. The minimum Gasteiger partial charge on any atom is -0.464 e. The summed E-state index contributed by atoms with van der Waals surface area (Å²) in [6, 6.07) is 1.57. The molecule has 20 heteroatoms. The quantitative estimate of drug-likeness (QED) is 0.176. The first kappa shape index (κ1) is 30.0. The van der Waals surface area contributed by atoms with E-state index in [4.69, 9.17) is 20.9 Å². The molecule has 0 saturated carbocycles. The molecule has 18 nitrogen and oxygen atoms in total. The molecule has 44 heavy (non-hydrogen) atoms. The van der Waals surface area contributed by atoms with Gasteiger partial charge >= 0.3 is 11.9 Å². The zero-order valence-corrected chi connectivity index (χ0v) is 25.8. The second-order valence-electron chi connectivity index (χ2n) is 8.85. The van der Waals surface area contributed by atoms with Gasteiger partial charge in [0.25, 0.3) is 0 Å². The van der Waals surface area contributed by atoms with Crippen molar-refractivity contribution in [3.05, 3.63) is 45.2 Å². The summed E-state index contributed by atoms with van der Waals surface area (Å²) in [5.41, 5.74) is 14.3. The number of ether oxygens (including phenoxy) is 2. The third kappa shape index (κ3) is 5.62. The van der Waals surface area contributed by atoms with Gasteiger partial charge in [-0.2, -0.15) is 19.6 Å². The molecule has 0 fully saturated rings. The van der Waals surface area contributed by atoms with Gasteiger partial charge in [0.1, 0.15) is 6.33 Å². The number of methoxy groups -OCH3 is 2. The van der Waals surface area contributed by atoms with Crippen molar-refractivity contribution in [3.63, 3.8) is 0 Å². The minimum absolute atomic E-state index is 0.0555. The smallest absolute Gasteiger partial charge is 0.359 e. The summed E-state index contributed by atoms with van der Waals surface area (Å²) >= 11 is 2.36. The summed E-state index contributed by atoms with van der Waals surface area (Å²) in [5.74, 6) is -0.396. The van der Waals surface area contributed by atoms with Crippen molar-refractivity contribution in [1.82, 2.24) is 39.5 Å².